The second-order valence-electron chi connectivity index (χ2n) is 3.14. The zero-order valence-corrected chi connectivity index (χ0v) is 9.74. The minimum Gasteiger partial charge on any atom is -0.480 e. The Bertz CT molecular complexity index is 229. The van der Waals surface area contributed by atoms with Crippen molar-refractivity contribution in [2.24, 2.45) is 0 Å². The highest BCUT2D eigenvalue weighted by atomic mass is 31.2. The maximum atomic E-state index is 10.1. The third-order valence-electron chi connectivity index (χ3n) is 1.55. The van der Waals surface area contributed by atoms with Gasteiger partial charge in [-0.2, -0.15) is 0 Å². The summed E-state index contributed by atoms with van der Waals surface area (Å²) in [5.41, 5.74) is 0. The fourth-order valence-electron chi connectivity index (χ4n) is 0.912. The van der Waals surface area contributed by atoms with Crippen molar-refractivity contribution >= 4 is 13.6 Å². The molecule has 1 fully saturated rings. The summed E-state index contributed by atoms with van der Waals surface area (Å²) in [6.45, 7) is 4.12. The van der Waals surface area contributed by atoms with Crippen LogP contribution in [0.2, 0.25) is 0 Å². The number of carbonyl (C=O) groups is 1. The standard InChI is InChI=1S/C4H10N2.C3H8NO5P/c1-2-6-4-3-5-1;5-3(6)1-4-2-10(7,8)9/h5-6H,1-4H2;4H,1-2H2,(H,5,6)(H2,7,8,9). The molecule has 1 heterocycles. The number of rotatable bonds is 4. The van der Waals surface area contributed by atoms with Gasteiger partial charge in [-0.15, -0.1) is 0 Å². The molecule has 1 aliphatic heterocycles. The fraction of sp³-hybridized carbons (Fsp3) is 0.857. The molecule has 0 bridgehead atoms. The summed E-state index contributed by atoms with van der Waals surface area (Å²) < 4.78 is 10.1. The van der Waals surface area contributed by atoms with Gasteiger partial charge in [0.05, 0.1) is 12.8 Å². The normalized spacial score (nSPS) is 16.1. The highest BCUT2D eigenvalue weighted by molar-refractivity contribution is 7.51. The third-order valence-corrected chi connectivity index (χ3v) is 2.19. The SMILES string of the molecule is C1CNCCN1.O=C(O)CNCP(=O)(O)O. The molecule has 0 aliphatic carbocycles. The molecule has 0 radical (unpaired) electrons. The van der Waals surface area contributed by atoms with Crippen LogP contribution in [0.5, 0.6) is 0 Å². The average Bonchev–Trinajstić information content (AvgIpc) is 2.18. The van der Waals surface area contributed by atoms with Crippen LogP contribution >= 0.6 is 7.60 Å². The second kappa shape index (κ2) is 8.63. The molecule has 96 valence electrons. The van der Waals surface area contributed by atoms with E-state index in [1.807, 2.05) is 0 Å². The number of aliphatic carboxylic acids is 1. The van der Waals surface area contributed by atoms with E-state index in [1.54, 1.807) is 0 Å². The summed E-state index contributed by atoms with van der Waals surface area (Å²) in [6, 6.07) is 0. The van der Waals surface area contributed by atoms with Crippen LogP contribution < -0.4 is 16.0 Å². The molecule has 0 amide bonds. The molecule has 1 rings (SSSR count). The van der Waals surface area contributed by atoms with Crippen LogP contribution in [0.1, 0.15) is 0 Å². The van der Waals surface area contributed by atoms with Crippen LogP contribution in [-0.4, -0.2) is 59.9 Å². The van der Waals surface area contributed by atoms with Gasteiger partial charge >= 0.3 is 13.6 Å². The zero-order chi connectivity index (χ0) is 12.4. The molecular weight excluding hydrogens is 237 g/mol. The van der Waals surface area contributed by atoms with E-state index in [4.69, 9.17) is 14.9 Å². The fourth-order valence-corrected chi connectivity index (χ4v) is 1.32. The average molecular weight is 255 g/mol. The Morgan fingerprint density at radius 3 is 1.88 bits per heavy atom. The molecule has 0 aromatic rings. The van der Waals surface area contributed by atoms with Crippen LogP contribution in [0, 0.1) is 0 Å². The first-order chi connectivity index (χ1) is 7.42. The highest BCUT2D eigenvalue weighted by Gasteiger charge is 2.11. The van der Waals surface area contributed by atoms with Gasteiger partial charge in [-0.3, -0.25) is 14.7 Å². The van der Waals surface area contributed by atoms with Crippen molar-refractivity contribution in [3.63, 3.8) is 0 Å². The van der Waals surface area contributed by atoms with Gasteiger partial charge in [0, 0.05) is 26.2 Å². The molecule has 8 nitrogen and oxygen atoms in total. The highest BCUT2D eigenvalue weighted by Crippen LogP contribution is 2.31. The van der Waals surface area contributed by atoms with Crippen LogP contribution in [-0.2, 0) is 9.36 Å². The topological polar surface area (TPSA) is 131 Å². The Balaban J connectivity index is 0.000000315. The predicted molar refractivity (Wildman–Crippen MR) is 58.3 cm³/mol. The lowest BCUT2D eigenvalue weighted by Crippen LogP contribution is -2.39. The molecule has 6 N–H and O–H groups in total. The minimum atomic E-state index is -4.10. The zero-order valence-electron chi connectivity index (χ0n) is 8.85. The smallest absolute Gasteiger partial charge is 0.339 e. The van der Waals surface area contributed by atoms with Crippen molar-refractivity contribution in [3.8, 4) is 0 Å². The van der Waals surface area contributed by atoms with Crippen molar-refractivity contribution in [3.05, 3.63) is 0 Å². The Morgan fingerprint density at radius 2 is 1.62 bits per heavy atom. The number of nitrogens with one attached hydrogen (secondary N) is 3. The Kier molecular flexibility index (Phi) is 8.36. The second-order valence-corrected chi connectivity index (χ2v) is 4.79. The third kappa shape index (κ3) is 13.5. The lowest BCUT2D eigenvalue weighted by Gasteiger charge is -2.11. The van der Waals surface area contributed by atoms with Crippen LogP contribution in [0.4, 0.5) is 0 Å². The predicted octanol–water partition coefficient (Wildman–Crippen LogP) is -2.02. The van der Waals surface area contributed by atoms with E-state index in [9.17, 15) is 9.36 Å². The quantitative estimate of drug-likeness (QED) is 0.317. The number of hydrogen-bond acceptors (Lipinski definition) is 5. The van der Waals surface area contributed by atoms with Crippen LogP contribution in [0.25, 0.3) is 0 Å². The maximum absolute atomic E-state index is 10.1. The molecule has 16 heavy (non-hydrogen) atoms. The molecular formula is C7H18N3O5P. The van der Waals surface area contributed by atoms with E-state index in [-0.39, 0.29) is 0 Å². The largest absolute Gasteiger partial charge is 0.480 e. The number of piperazine rings is 1. The van der Waals surface area contributed by atoms with Gasteiger partial charge < -0.3 is 25.5 Å². The molecule has 0 saturated carbocycles. The lowest BCUT2D eigenvalue weighted by molar-refractivity contribution is -0.135. The summed E-state index contributed by atoms with van der Waals surface area (Å²) in [6.07, 6.45) is -0.598. The van der Waals surface area contributed by atoms with E-state index in [0.29, 0.717) is 0 Å². The van der Waals surface area contributed by atoms with E-state index in [0.717, 1.165) is 26.2 Å². The van der Waals surface area contributed by atoms with Crippen molar-refractivity contribution in [1.82, 2.24) is 16.0 Å². The maximum Gasteiger partial charge on any atom is 0.339 e. The minimum absolute atomic E-state index is 0.439. The van der Waals surface area contributed by atoms with Gasteiger partial charge in [-0.1, -0.05) is 0 Å². The number of carboxylic acids is 1. The Hall–Kier alpha value is -0.500. The molecule has 0 aromatic carbocycles. The molecule has 0 aromatic heterocycles. The van der Waals surface area contributed by atoms with Crippen LogP contribution in [0.15, 0.2) is 0 Å². The van der Waals surface area contributed by atoms with Gasteiger partial charge in [0.1, 0.15) is 0 Å². The van der Waals surface area contributed by atoms with Gasteiger partial charge in [0.25, 0.3) is 0 Å². The van der Waals surface area contributed by atoms with Crippen molar-refractivity contribution in [2.45, 2.75) is 0 Å². The molecule has 0 atom stereocenters. The number of carboxylic acid groups (broad SMARTS) is 1. The molecule has 0 spiro atoms. The summed E-state index contributed by atoms with van der Waals surface area (Å²) in [7, 11) is -4.10. The first-order valence-corrected chi connectivity index (χ1v) is 6.60. The molecule has 9 heteroatoms. The summed E-state index contributed by atoms with van der Waals surface area (Å²) in [4.78, 5) is 26.1. The van der Waals surface area contributed by atoms with Gasteiger partial charge in [-0.25, -0.2) is 0 Å². The monoisotopic (exact) mass is 255 g/mol. The summed E-state index contributed by atoms with van der Waals surface area (Å²) >= 11 is 0. The summed E-state index contributed by atoms with van der Waals surface area (Å²) in [5, 5.41) is 16.5. The van der Waals surface area contributed by atoms with Gasteiger partial charge in [0.15, 0.2) is 0 Å². The van der Waals surface area contributed by atoms with Gasteiger partial charge in [-0.05, 0) is 0 Å². The van der Waals surface area contributed by atoms with Crippen molar-refractivity contribution in [2.75, 3.05) is 39.0 Å². The van der Waals surface area contributed by atoms with Crippen molar-refractivity contribution in [1.29, 1.82) is 0 Å². The van der Waals surface area contributed by atoms with Crippen LogP contribution in [0.3, 0.4) is 0 Å². The lowest BCUT2D eigenvalue weighted by atomic mass is 10.4. The van der Waals surface area contributed by atoms with E-state index >= 15 is 0 Å². The van der Waals surface area contributed by atoms with Crippen molar-refractivity contribution < 1.29 is 24.3 Å². The Morgan fingerprint density at radius 1 is 1.19 bits per heavy atom. The summed E-state index contributed by atoms with van der Waals surface area (Å²) in [5.74, 6) is -1.14. The molecule has 0 unspecified atom stereocenters. The van der Waals surface area contributed by atoms with E-state index in [2.05, 4.69) is 16.0 Å². The van der Waals surface area contributed by atoms with E-state index < -0.39 is 26.4 Å². The van der Waals surface area contributed by atoms with E-state index in [1.165, 1.54) is 0 Å². The first kappa shape index (κ1) is 15.5. The molecule has 1 aliphatic rings. The first-order valence-electron chi connectivity index (χ1n) is 4.80. The van der Waals surface area contributed by atoms with Gasteiger partial charge in [0.2, 0.25) is 0 Å². The number of hydrogen-bond donors (Lipinski definition) is 6. The Labute approximate surface area is 93.6 Å². The molecule has 1 saturated heterocycles.